The number of carbonyl (C=O) groups excluding carboxylic acids is 2. The van der Waals surface area contributed by atoms with Crippen LogP contribution in [0.5, 0.6) is 17.2 Å². The van der Waals surface area contributed by atoms with E-state index in [9.17, 15) is 9.59 Å². The lowest BCUT2D eigenvalue weighted by Crippen LogP contribution is -2.37. The van der Waals surface area contributed by atoms with Crippen LogP contribution in [-0.2, 0) is 14.3 Å². The van der Waals surface area contributed by atoms with Crippen molar-refractivity contribution in [2.45, 2.75) is 19.3 Å². The van der Waals surface area contributed by atoms with Gasteiger partial charge in [0, 0.05) is 17.4 Å². The molecular formula is C23H22ClNO6. The summed E-state index contributed by atoms with van der Waals surface area (Å²) in [6.07, 6.45) is 0.0814. The van der Waals surface area contributed by atoms with Crippen LogP contribution in [0.25, 0.3) is 0 Å². The highest BCUT2D eigenvalue weighted by molar-refractivity contribution is 6.31. The molecule has 4 rings (SSSR count). The summed E-state index contributed by atoms with van der Waals surface area (Å²) >= 11 is 6.28. The van der Waals surface area contributed by atoms with Crippen LogP contribution in [0.3, 0.4) is 0 Å². The van der Waals surface area contributed by atoms with Crippen molar-refractivity contribution in [2.75, 3.05) is 32.8 Å². The Kier molecular flexibility index (Phi) is 5.54. The van der Waals surface area contributed by atoms with Gasteiger partial charge in [0.25, 0.3) is 0 Å². The van der Waals surface area contributed by atoms with Gasteiger partial charge in [0.2, 0.25) is 11.7 Å². The maximum Gasteiger partial charge on any atom is 0.336 e. The maximum atomic E-state index is 13.3. The number of rotatable bonds is 5. The van der Waals surface area contributed by atoms with E-state index in [0.29, 0.717) is 44.8 Å². The fourth-order valence-electron chi connectivity index (χ4n) is 4.06. The summed E-state index contributed by atoms with van der Waals surface area (Å²) in [7, 11) is 4.55. The molecule has 0 saturated heterocycles. The van der Waals surface area contributed by atoms with Gasteiger partial charge in [-0.2, -0.15) is 0 Å². The number of anilines is 1. The van der Waals surface area contributed by atoms with E-state index in [0.717, 1.165) is 5.56 Å². The molecule has 0 radical (unpaired) electrons. The Labute approximate surface area is 185 Å². The summed E-state index contributed by atoms with van der Waals surface area (Å²) in [6, 6.07) is 8.89. The standard InChI is InChI=1S/C23H22ClNO6/c1-12-5-6-14(9-16(12)24)25-17-11-31-23(27)21(17)15(10-20(25)26)13-7-18(28-2)22(30-4)19(8-13)29-3/h5-9,15H,10-11H2,1-4H3/t15-/m0/s1. The van der Waals surface area contributed by atoms with Crippen molar-refractivity contribution in [3.05, 3.63) is 57.8 Å². The summed E-state index contributed by atoms with van der Waals surface area (Å²) in [5, 5.41) is 0.546. The molecule has 1 atom stereocenters. The second-order valence-electron chi connectivity index (χ2n) is 7.31. The van der Waals surface area contributed by atoms with E-state index in [4.69, 9.17) is 30.5 Å². The molecule has 8 heteroatoms. The summed E-state index contributed by atoms with van der Waals surface area (Å²) in [4.78, 5) is 27.5. The van der Waals surface area contributed by atoms with E-state index in [1.54, 1.807) is 18.2 Å². The third-order valence-corrected chi connectivity index (χ3v) is 6.03. The highest BCUT2D eigenvalue weighted by Crippen LogP contribution is 2.46. The zero-order valence-electron chi connectivity index (χ0n) is 17.7. The summed E-state index contributed by atoms with van der Waals surface area (Å²) in [5.41, 5.74) is 3.19. The van der Waals surface area contributed by atoms with E-state index in [2.05, 4.69) is 0 Å². The van der Waals surface area contributed by atoms with Gasteiger partial charge in [-0.1, -0.05) is 17.7 Å². The van der Waals surface area contributed by atoms with Gasteiger partial charge in [0.1, 0.15) is 6.61 Å². The minimum absolute atomic E-state index is 0.0202. The van der Waals surface area contributed by atoms with Crippen LogP contribution >= 0.6 is 11.6 Å². The second kappa shape index (κ2) is 8.15. The summed E-state index contributed by atoms with van der Waals surface area (Å²) in [5.74, 6) is 0.245. The minimum Gasteiger partial charge on any atom is -0.493 e. The summed E-state index contributed by atoms with van der Waals surface area (Å²) in [6.45, 7) is 1.91. The van der Waals surface area contributed by atoms with Crippen molar-refractivity contribution in [3.8, 4) is 17.2 Å². The SMILES string of the molecule is COc1cc([C@@H]2CC(=O)N(c3ccc(C)c(Cl)c3)C3=C2C(=O)OC3)cc(OC)c1OC. The Bertz CT molecular complexity index is 1080. The van der Waals surface area contributed by atoms with Gasteiger partial charge < -0.3 is 18.9 Å². The number of methoxy groups -OCH3 is 3. The van der Waals surface area contributed by atoms with Gasteiger partial charge in [0.15, 0.2) is 11.5 Å². The number of nitrogens with zero attached hydrogens (tertiary/aromatic N) is 1. The molecule has 0 aliphatic carbocycles. The van der Waals surface area contributed by atoms with Gasteiger partial charge >= 0.3 is 5.97 Å². The van der Waals surface area contributed by atoms with E-state index in [1.807, 2.05) is 19.1 Å². The molecule has 0 aromatic heterocycles. The van der Waals surface area contributed by atoms with Crippen LogP contribution in [-0.4, -0.2) is 39.8 Å². The van der Waals surface area contributed by atoms with Crippen LogP contribution in [0, 0.1) is 6.92 Å². The van der Waals surface area contributed by atoms with E-state index in [-0.39, 0.29) is 18.9 Å². The first-order valence-corrected chi connectivity index (χ1v) is 10.1. The van der Waals surface area contributed by atoms with Crippen molar-refractivity contribution in [3.63, 3.8) is 0 Å². The number of hydrogen-bond donors (Lipinski definition) is 0. The van der Waals surface area contributed by atoms with Gasteiger partial charge in [-0.25, -0.2) is 4.79 Å². The molecule has 162 valence electrons. The molecule has 31 heavy (non-hydrogen) atoms. The molecule has 0 fully saturated rings. The van der Waals surface area contributed by atoms with E-state index < -0.39 is 11.9 Å². The van der Waals surface area contributed by atoms with Crippen molar-refractivity contribution in [1.82, 2.24) is 0 Å². The molecule has 2 heterocycles. The van der Waals surface area contributed by atoms with Crippen molar-refractivity contribution < 1.29 is 28.5 Å². The molecule has 2 aliphatic heterocycles. The molecule has 2 aromatic rings. The molecule has 1 amide bonds. The lowest BCUT2D eigenvalue weighted by Gasteiger charge is -2.32. The van der Waals surface area contributed by atoms with Crippen molar-refractivity contribution >= 4 is 29.2 Å². The summed E-state index contributed by atoms with van der Waals surface area (Å²) < 4.78 is 21.6. The van der Waals surface area contributed by atoms with Crippen LogP contribution in [0.1, 0.15) is 23.5 Å². The lowest BCUT2D eigenvalue weighted by atomic mass is 9.83. The highest BCUT2D eigenvalue weighted by Gasteiger charge is 2.43. The minimum atomic E-state index is -0.497. The van der Waals surface area contributed by atoms with Gasteiger partial charge in [-0.05, 0) is 42.3 Å². The molecule has 0 saturated carbocycles. The largest absolute Gasteiger partial charge is 0.493 e. The number of esters is 1. The third kappa shape index (κ3) is 3.49. The van der Waals surface area contributed by atoms with Gasteiger partial charge in [-0.15, -0.1) is 0 Å². The van der Waals surface area contributed by atoms with Crippen LogP contribution in [0.2, 0.25) is 5.02 Å². The molecule has 2 aromatic carbocycles. The highest BCUT2D eigenvalue weighted by atomic mass is 35.5. The maximum absolute atomic E-state index is 13.3. The van der Waals surface area contributed by atoms with Crippen LogP contribution in [0.4, 0.5) is 5.69 Å². The number of amides is 1. The van der Waals surface area contributed by atoms with Crippen LogP contribution in [0.15, 0.2) is 41.6 Å². The number of ether oxygens (including phenoxy) is 4. The van der Waals surface area contributed by atoms with Crippen LogP contribution < -0.4 is 19.1 Å². The lowest BCUT2D eigenvalue weighted by molar-refractivity contribution is -0.136. The number of carbonyl (C=O) groups is 2. The quantitative estimate of drug-likeness (QED) is 0.650. The fraction of sp³-hybridized carbons (Fsp3) is 0.304. The topological polar surface area (TPSA) is 74.3 Å². The molecule has 0 bridgehead atoms. The first kappa shape index (κ1) is 21.1. The number of cyclic esters (lactones) is 1. The number of aryl methyl sites for hydroxylation is 1. The number of benzene rings is 2. The van der Waals surface area contributed by atoms with E-state index in [1.165, 1.54) is 26.2 Å². The van der Waals surface area contributed by atoms with Crippen molar-refractivity contribution in [2.24, 2.45) is 0 Å². The fourth-order valence-corrected chi connectivity index (χ4v) is 4.24. The number of halogens is 1. The molecular weight excluding hydrogens is 422 g/mol. The van der Waals surface area contributed by atoms with E-state index >= 15 is 0 Å². The zero-order valence-corrected chi connectivity index (χ0v) is 18.4. The molecule has 0 spiro atoms. The van der Waals surface area contributed by atoms with Crippen molar-refractivity contribution in [1.29, 1.82) is 0 Å². The normalized spacial score (nSPS) is 18.1. The first-order chi connectivity index (χ1) is 14.9. The Morgan fingerprint density at radius 2 is 1.71 bits per heavy atom. The Morgan fingerprint density at radius 1 is 1.03 bits per heavy atom. The third-order valence-electron chi connectivity index (χ3n) is 5.62. The zero-order chi connectivity index (χ0) is 22.3. The predicted molar refractivity (Wildman–Crippen MR) is 115 cm³/mol. The van der Waals surface area contributed by atoms with Gasteiger partial charge in [0.05, 0.1) is 38.3 Å². The molecule has 7 nitrogen and oxygen atoms in total. The molecule has 2 aliphatic rings. The number of hydrogen-bond acceptors (Lipinski definition) is 6. The molecule has 0 N–H and O–H groups in total. The Hall–Kier alpha value is -3.19. The smallest absolute Gasteiger partial charge is 0.336 e. The van der Waals surface area contributed by atoms with Gasteiger partial charge in [-0.3, -0.25) is 9.69 Å². The predicted octanol–water partition coefficient (Wildman–Crippen LogP) is 4.01. The first-order valence-electron chi connectivity index (χ1n) is 9.68. The average Bonchev–Trinajstić information content (AvgIpc) is 3.15. The average molecular weight is 444 g/mol. The molecule has 0 unspecified atom stereocenters. The monoisotopic (exact) mass is 443 g/mol. The Balaban J connectivity index is 1.85. The second-order valence-corrected chi connectivity index (χ2v) is 7.72. The Morgan fingerprint density at radius 3 is 2.29 bits per heavy atom.